The molecule has 0 nitrogen and oxygen atoms in total. The van der Waals surface area contributed by atoms with Gasteiger partial charge in [-0.25, -0.2) is 0 Å². The summed E-state index contributed by atoms with van der Waals surface area (Å²) in [5, 5.41) is 18.6. The Hall–Kier alpha value is -5.04. The van der Waals surface area contributed by atoms with Crippen LogP contribution in [-0.4, -0.2) is 0 Å². The van der Waals surface area contributed by atoms with E-state index in [4.69, 9.17) is 0 Å². The molecule has 0 saturated heterocycles. The van der Waals surface area contributed by atoms with Crippen molar-refractivity contribution in [1.82, 2.24) is 0 Å². The van der Waals surface area contributed by atoms with Gasteiger partial charge in [-0.3, -0.25) is 0 Å². The van der Waals surface area contributed by atoms with Crippen molar-refractivity contribution in [3.63, 3.8) is 0 Å². The first-order valence-corrected chi connectivity index (χ1v) is 18.0. The van der Waals surface area contributed by atoms with Crippen molar-refractivity contribution in [2.75, 3.05) is 0 Å². The first-order chi connectivity index (χ1) is 23.6. The molecule has 0 radical (unpaired) electrons. The predicted molar refractivity (Wildman–Crippen MR) is 222 cm³/mol. The predicted octanol–water partition coefficient (Wildman–Crippen LogP) is 13.8. The standard InChI is InChI=1S/C50H46/c1-13-15-31-23-35(49(7,8)9)25-33-21-27(3)41-39-19-20-40-42-28(4)22-34-26-36(50(10,11)12)24-32(16-14-2)46(34)44(42)30(6)38-18-17-37(47(39)48(38)40)29(5)43(41)45(31)33/h17-26H,1-12H3. The molecule has 0 bridgehead atoms. The fraction of sp³-hybridized carbons (Fsp3) is 0.280. The fourth-order valence-electron chi connectivity index (χ4n) is 8.95. The molecule has 50 heavy (non-hydrogen) atoms. The Morgan fingerprint density at radius 2 is 0.760 bits per heavy atom. The zero-order valence-corrected chi connectivity index (χ0v) is 31.8. The minimum Gasteiger partial charge on any atom is -0.101 e. The van der Waals surface area contributed by atoms with E-state index in [1.807, 2.05) is 13.8 Å². The van der Waals surface area contributed by atoms with Crippen LogP contribution in [0, 0.1) is 51.4 Å². The smallest absolute Gasteiger partial charge is 0.0332 e. The fourth-order valence-corrected chi connectivity index (χ4v) is 8.95. The first-order valence-electron chi connectivity index (χ1n) is 18.0. The number of benzene rings is 8. The van der Waals surface area contributed by atoms with E-state index < -0.39 is 0 Å². The van der Waals surface area contributed by atoms with Gasteiger partial charge in [0.1, 0.15) is 0 Å². The van der Waals surface area contributed by atoms with Crippen LogP contribution in [-0.2, 0) is 10.8 Å². The molecule has 0 aromatic heterocycles. The van der Waals surface area contributed by atoms with Gasteiger partial charge in [-0.05, 0) is 163 Å². The van der Waals surface area contributed by atoms with Gasteiger partial charge < -0.3 is 0 Å². The lowest BCUT2D eigenvalue weighted by molar-refractivity contribution is 0.590. The molecule has 0 N–H and O–H groups in total. The maximum absolute atomic E-state index is 3.52. The molecule has 0 aliphatic carbocycles. The second-order valence-corrected chi connectivity index (χ2v) is 16.7. The van der Waals surface area contributed by atoms with Crippen LogP contribution in [0.25, 0.3) is 75.4 Å². The van der Waals surface area contributed by atoms with Gasteiger partial charge in [-0.15, -0.1) is 11.8 Å². The zero-order valence-electron chi connectivity index (χ0n) is 31.8. The normalized spacial score (nSPS) is 12.5. The molecule has 0 heterocycles. The van der Waals surface area contributed by atoms with Crippen LogP contribution >= 0.6 is 0 Å². The Bertz CT molecular complexity index is 2720. The van der Waals surface area contributed by atoms with Crippen LogP contribution in [0.3, 0.4) is 0 Å². The van der Waals surface area contributed by atoms with Crippen molar-refractivity contribution in [3.8, 4) is 23.7 Å². The van der Waals surface area contributed by atoms with Crippen molar-refractivity contribution < 1.29 is 0 Å². The second kappa shape index (κ2) is 10.7. The molecule has 0 atom stereocenters. The molecular weight excluding hydrogens is 601 g/mol. The van der Waals surface area contributed by atoms with Gasteiger partial charge in [0.15, 0.2) is 0 Å². The third-order valence-electron chi connectivity index (χ3n) is 11.4. The van der Waals surface area contributed by atoms with Crippen LogP contribution in [0.15, 0.2) is 60.7 Å². The molecule has 0 fully saturated rings. The maximum Gasteiger partial charge on any atom is 0.0332 e. The second-order valence-electron chi connectivity index (χ2n) is 16.7. The topological polar surface area (TPSA) is 0 Å². The van der Waals surface area contributed by atoms with Gasteiger partial charge in [0.2, 0.25) is 0 Å². The number of fused-ring (bicyclic) bond motifs is 8. The summed E-state index contributed by atoms with van der Waals surface area (Å²) in [4.78, 5) is 0. The molecule has 0 amide bonds. The van der Waals surface area contributed by atoms with Gasteiger partial charge >= 0.3 is 0 Å². The zero-order chi connectivity index (χ0) is 35.6. The highest BCUT2D eigenvalue weighted by molar-refractivity contribution is 6.38. The molecule has 0 aliphatic heterocycles. The molecule has 0 unspecified atom stereocenters. The Labute approximate surface area is 297 Å². The SMILES string of the molecule is CC#Cc1cc(C(C)(C)C)cc2cc(C)c3c4ccc5c6c(C)cc7cc(C(C)(C)C)cc(C#CC)c7c6c(C)c6ccc(c(C)c3c12)c4c65. The summed E-state index contributed by atoms with van der Waals surface area (Å²) in [5.74, 6) is 13.5. The van der Waals surface area contributed by atoms with Gasteiger partial charge in [-0.1, -0.05) is 102 Å². The number of hydrogen-bond donors (Lipinski definition) is 0. The van der Waals surface area contributed by atoms with E-state index in [1.54, 1.807) is 0 Å². The molecule has 8 aromatic rings. The summed E-state index contributed by atoms with van der Waals surface area (Å²) in [5.41, 5.74) is 10.3. The number of hydrogen-bond acceptors (Lipinski definition) is 0. The van der Waals surface area contributed by atoms with E-state index in [2.05, 4.69) is 154 Å². The number of aryl methyl sites for hydroxylation is 4. The molecule has 0 spiro atoms. The lowest BCUT2D eigenvalue weighted by Crippen LogP contribution is -2.11. The third-order valence-corrected chi connectivity index (χ3v) is 11.4. The number of rotatable bonds is 0. The minimum absolute atomic E-state index is 0.0343. The summed E-state index contributed by atoms with van der Waals surface area (Å²) in [6.45, 7) is 26.9. The largest absolute Gasteiger partial charge is 0.101 e. The van der Waals surface area contributed by atoms with E-state index in [1.165, 1.54) is 109 Å². The summed E-state index contributed by atoms with van der Waals surface area (Å²) in [6, 6.07) is 23.9. The molecule has 8 rings (SSSR count). The molecule has 8 aromatic carbocycles. The van der Waals surface area contributed by atoms with E-state index in [0.717, 1.165) is 11.1 Å². The van der Waals surface area contributed by atoms with Gasteiger partial charge in [0, 0.05) is 21.9 Å². The van der Waals surface area contributed by atoms with Crippen molar-refractivity contribution >= 4 is 75.4 Å². The highest BCUT2D eigenvalue weighted by Gasteiger charge is 2.25. The van der Waals surface area contributed by atoms with Gasteiger partial charge in [0.05, 0.1) is 0 Å². The molecular formula is C50H46. The van der Waals surface area contributed by atoms with E-state index >= 15 is 0 Å². The maximum atomic E-state index is 3.52. The van der Waals surface area contributed by atoms with Crippen LogP contribution in [0.5, 0.6) is 0 Å². The average Bonchev–Trinajstić information content (AvgIpc) is 3.04. The molecule has 0 heteroatoms. The Morgan fingerprint density at radius 3 is 1.10 bits per heavy atom. The molecule has 0 saturated carbocycles. The highest BCUT2D eigenvalue weighted by Crippen LogP contribution is 2.49. The van der Waals surface area contributed by atoms with E-state index in [-0.39, 0.29) is 10.8 Å². The van der Waals surface area contributed by atoms with Gasteiger partial charge in [0.25, 0.3) is 0 Å². The van der Waals surface area contributed by atoms with E-state index in [9.17, 15) is 0 Å². The highest BCUT2D eigenvalue weighted by atomic mass is 14.3. The van der Waals surface area contributed by atoms with Gasteiger partial charge in [-0.2, -0.15) is 0 Å². The summed E-state index contributed by atoms with van der Waals surface area (Å²) in [6.07, 6.45) is 0. The van der Waals surface area contributed by atoms with Crippen LogP contribution in [0.2, 0.25) is 0 Å². The summed E-state index contributed by atoms with van der Waals surface area (Å²) in [7, 11) is 0. The lowest BCUT2D eigenvalue weighted by Gasteiger charge is -2.25. The average molecular weight is 647 g/mol. The molecule has 0 aliphatic rings. The van der Waals surface area contributed by atoms with Crippen LogP contribution in [0.4, 0.5) is 0 Å². The third kappa shape index (κ3) is 4.41. The van der Waals surface area contributed by atoms with Crippen LogP contribution in [0.1, 0.15) is 99.9 Å². The van der Waals surface area contributed by atoms with Crippen molar-refractivity contribution in [3.05, 3.63) is 105 Å². The summed E-state index contributed by atoms with van der Waals surface area (Å²) < 4.78 is 0. The Balaban J connectivity index is 1.59. The van der Waals surface area contributed by atoms with Crippen molar-refractivity contribution in [2.24, 2.45) is 0 Å². The van der Waals surface area contributed by atoms with E-state index in [0.29, 0.717) is 0 Å². The Kier molecular flexibility index (Phi) is 6.91. The van der Waals surface area contributed by atoms with Crippen molar-refractivity contribution in [2.45, 2.75) is 93.9 Å². The lowest BCUT2D eigenvalue weighted by atomic mass is 9.79. The quantitative estimate of drug-likeness (QED) is 0.0874. The van der Waals surface area contributed by atoms with Crippen LogP contribution < -0.4 is 0 Å². The summed E-state index contributed by atoms with van der Waals surface area (Å²) >= 11 is 0. The monoisotopic (exact) mass is 646 g/mol. The minimum atomic E-state index is 0.0343. The van der Waals surface area contributed by atoms with Crippen molar-refractivity contribution in [1.29, 1.82) is 0 Å². The Morgan fingerprint density at radius 1 is 0.400 bits per heavy atom. The molecule has 246 valence electrons. The first kappa shape index (κ1) is 32.2.